The van der Waals surface area contributed by atoms with Crippen LogP contribution in [0.3, 0.4) is 0 Å². The smallest absolute Gasteiger partial charge is 0.147 e. The predicted molar refractivity (Wildman–Crippen MR) is 56.0 cm³/mol. The molecule has 1 aliphatic rings. The van der Waals surface area contributed by atoms with Crippen LogP contribution in [0, 0.1) is 0 Å². The molecule has 1 rings (SSSR count). The van der Waals surface area contributed by atoms with Crippen molar-refractivity contribution < 1.29 is 13.5 Å². The average molecular weight is 221 g/mol. The Kier molecular flexibility index (Phi) is 3.55. The van der Waals surface area contributed by atoms with Gasteiger partial charge in [-0.15, -0.1) is 0 Å². The van der Waals surface area contributed by atoms with E-state index in [1.54, 1.807) is 6.92 Å². The van der Waals surface area contributed by atoms with Crippen LogP contribution in [0.4, 0.5) is 0 Å². The summed E-state index contributed by atoms with van der Waals surface area (Å²) in [6, 6.07) is 0.541. The number of aliphatic hydroxyl groups is 1. The van der Waals surface area contributed by atoms with Crippen molar-refractivity contribution in [3.63, 3.8) is 0 Å². The summed E-state index contributed by atoms with van der Waals surface area (Å²) in [6.07, 6.45) is 3.83. The van der Waals surface area contributed by atoms with E-state index < -0.39 is 15.4 Å². The molecule has 0 aromatic carbocycles. The van der Waals surface area contributed by atoms with E-state index in [0.29, 0.717) is 19.0 Å². The average Bonchev–Trinajstić information content (AvgIpc) is 2.79. The Balaban J connectivity index is 2.24. The summed E-state index contributed by atoms with van der Waals surface area (Å²) in [4.78, 5) is 0. The first-order chi connectivity index (χ1) is 6.29. The van der Waals surface area contributed by atoms with E-state index in [1.165, 1.54) is 19.1 Å². The summed E-state index contributed by atoms with van der Waals surface area (Å²) in [7, 11) is -2.97. The Morgan fingerprint density at radius 3 is 2.50 bits per heavy atom. The van der Waals surface area contributed by atoms with E-state index >= 15 is 0 Å². The van der Waals surface area contributed by atoms with Gasteiger partial charge in [0.25, 0.3) is 0 Å². The topological polar surface area (TPSA) is 66.4 Å². The van der Waals surface area contributed by atoms with Gasteiger partial charge in [-0.25, -0.2) is 8.42 Å². The highest BCUT2D eigenvalue weighted by Gasteiger charge is 2.27. The normalized spacial score (nSPS) is 21.9. The van der Waals surface area contributed by atoms with Gasteiger partial charge in [-0.1, -0.05) is 0 Å². The second kappa shape index (κ2) is 4.16. The molecule has 0 bridgehead atoms. The second-order valence-corrected chi connectivity index (χ2v) is 6.79. The zero-order chi connectivity index (χ0) is 10.8. The molecular formula is C9H19NO3S. The molecule has 5 heteroatoms. The van der Waals surface area contributed by atoms with E-state index in [1.807, 2.05) is 0 Å². The van der Waals surface area contributed by atoms with Crippen LogP contribution in [0.5, 0.6) is 0 Å². The van der Waals surface area contributed by atoms with Gasteiger partial charge in [0.1, 0.15) is 9.84 Å². The number of hydrogen-bond donors (Lipinski definition) is 2. The fraction of sp³-hybridized carbons (Fsp3) is 1.00. The fourth-order valence-corrected chi connectivity index (χ4v) is 1.96. The summed E-state index contributed by atoms with van der Waals surface area (Å²) in [5.41, 5.74) is -0.911. The van der Waals surface area contributed by atoms with Crippen LogP contribution in [0.1, 0.15) is 26.2 Å². The molecule has 0 aromatic rings. The number of sulfone groups is 1. The SMILES string of the molecule is CC(O)(CCS(C)(=O)=O)CNC1CC1. The first-order valence-electron chi connectivity index (χ1n) is 4.92. The zero-order valence-electron chi connectivity index (χ0n) is 8.78. The fourth-order valence-electron chi connectivity index (χ4n) is 1.15. The lowest BCUT2D eigenvalue weighted by molar-refractivity contribution is 0.0562. The summed E-state index contributed by atoms with van der Waals surface area (Å²) in [5.74, 6) is 0.0480. The maximum absolute atomic E-state index is 10.9. The maximum Gasteiger partial charge on any atom is 0.147 e. The summed E-state index contributed by atoms with van der Waals surface area (Å²) < 4.78 is 21.8. The van der Waals surface area contributed by atoms with Crippen molar-refractivity contribution in [1.82, 2.24) is 5.32 Å². The Labute approximate surface area is 85.6 Å². The molecule has 0 radical (unpaired) electrons. The number of nitrogens with one attached hydrogen (secondary N) is 1. The Morgan fingerprint density at radius 1 is 1.50 bits per heavy atom. The monoisotopic (exact) mass is 221 g/mol. The molecule has 1 saturated carbocycles. The van der Waals surface area contributed by atoms with Crippen LogP contribution >= 0.6 is 0 Å². The molecule has 0 saturated heterocycles. The molecule has 0 spiro atoms. The highest BCUT2D eigenvalue weighted by molar-refractivity contribution is 7.90. The zero-order valence-corrected chi connectivity index (χ0v) is 9.60. The first-order valence-corrected chi connectivity index (χ1v) is 6.98. The largest absolute Gasteiger partial charge is 0.389 e. The third-order valence-electron chi connectivity index (χ3n) is 2.36. The van der Waals surface area contributed by atoms with Crippen LogP contribution in [-0.2, 0) is 9.84 Å². The van der Waals surface area contributed by atoms with E-state index in [4.69, 9.17) is 0 Å². The summed E-state index contributed by atoms with van der Waals surface area (Å²) >= 11 is 0. The van der Waals surface area contributed by atoms with Crippen LogP contribution in [0.2, 0.25) is 0 Å². The van der Waals surface area contributed by atoms with Gasteiger partial charge in [-0.3, -0.25) is 0 Å². The molecule has 1 aliphatic carbocycles. The van der Waals surface area contributed by atoms with Crippen molar-refractivity contribution in [2.24, 2.45) is 0 Å². The summed E-state index contributed by atoms with van der Waals surface area (Å²) in [5, 5.41) is 13.0. The second-order valence-electron chi connectivity index (χ2n) is 4.53. The minimum Gasteiger partial charge on any atom is -0.389 e. The van der Waals surface area contributed by atoms with Gasteiger partial charge >= 0.3 is 0 Å². The van der Waals surface area contributed by atoms with Crippen molar-refractivity contribution in [3.05, 3.63) is 0 Å². The molecule has 84 valence electrons. The third kappa shape index (κ3) is 5.57. The van der Waals surface area contributed by atoms with Crippen LogP contribution < -0.4 is 5.32 Å². The van der Waals surface area contributed by atoms with Crippen LogP contribution in [0.15, 0.2) is 0 Å². The minimum atomic E-state index is -2.97. The Morgan fingerprint density at radius 2 is 2.07 bits per heavy atom. The minimum absolute atomic E-state index is 0.0480. The quantitative estimate of drug-likeness (QED) is 0.658. The van der Waals surface area contributed by atoms with Gasteiger partial charge in [-0.05, 0) is 26.2 Å². The molecule has 0 amide bonds. The van der Waals surface area contributed by atoms with E-state index in [-0.39, 0.29) is 5.75 Å². The molecule has 1 fully saturated rings. The van der Waals surface area contributed by atoms with E-state index in [0.717, 1.165) is 0 Å². The molecule has 1 atom stereocenters. The van der Waals surface area contributed by atoms with Gasteiger partial charge in [-0.2, -0.15) is 0 Å². The lowest BCUT2D eigenvalue weighted by atomic mass is 10.0. The number of hydrogen-bond acceptors (Lipinski definition) is 4. The van der Waals surface area contributed by atoms with E-state index in [9.17, 15) is 13.5 Å². The molecule has 1 unspecified atom stereocenters. The van der Waals surface area contributed by atoms with Crippen molar-refractivity contribution in [3.8, 4) is 0 Å². The Hall–Kier alpha value is -0.130. The molecule has 4 nitrogen and oxygen atoms in total. The highest BCUT2D eigenvalue weighted by atomic mass is 32.2. The molecule has 0 aliphatic heterocycles. The molecule has 0 aromatic heterocycles. The lowest BCUT2D eigenvalue weighted by Crippen LogP contribution is -2.40. The van der Waals surface area contributed by atoms with Crippen molar-refractivity contribution in [2.45, 2.75) is 37.8 Å². The van der Waals surface area contributed by atoms with Crippen LogP contribution in [0.25, 0.3) is 0 Å². The highest BCUT2D eigenvalue weighted by Crippen LogP contribution is 2.20. The number of rotatable bonds is 6. The third-order valence-corrected chi connectivity index (χ3v) is 3.31. The Bertz CT molecular complexity index is 280. The lowest BCUT2D eigenvalue weighted by Gasteiger charge is -2.23. The van der Waals surface area contributed by atoms with Crippen LogP contribution in [-0.4, -0.2) is 43.7 Å². The van der Waals surface area contributed by atoms with Crippen molar-refractivity contribution in [1.29, 1.82) is 0 Å². The first kappa shape index (κ1) is 11.9. The molecule has 2 N–H and O–H groups in total. The molecule has 0 heterocycles. The van der Waals surface area contributed by atoms with Gasteiger partial charge in [0, 0.05) is 18.8 Å². The van der Waals surface area contributed by atoms with Gasteiger partial charge in [0.2, 0.25) is 0 Å². The summed E-state index contributed by atoms with van der Waals surface area (Å²) in [6.45, 7) is 2.15. The van der Waals surface area contributed by atoms with Crippen molar-refractivity contribution in [2.75, 3.05) is 18.6 Å². The molecule has 14 heavy (non-hydrogen) atoms. The van der Waals surface area contributed by atoms with Gasteiger partial charge in [0.05, 0.1) is 11.4 Å². The van der Waals surface area contributed by atoms with Gasteiger partial charge < -0.3 is 10.4 Å². The standard InChI is InChI=1S/C9H19NO3S/c1-9(11,5-6-14(2,12)13)7-10-8-3-4-8/h8,10-11H,3-7H2,1-2H3. The maximum atomic E-state index is 10.9. The van der Waals surface area contributed by atoms with Crippen molar-refractivity contribution >= 4 is 9.84 Å². The molecular weight excluding hydrogens is 202 g/mol. The predicted octanol–water partition coefficient (Wildman–Crippen LogP) is -0.0759. The van der Waals surface area contributed by atoms with E-state index in [2.05, 4.69) is 5.32 Å². The van der Waals surface area contributed by atoms with Gasteiger partial charge in [0.15, 0.2) is 0 Å².